The zero-order chi connectivity index (χ0) is 14.2. The van der Waals surface area contributed by atoms with Crippen molar-refractivity contribution in [1.29, 1.82) is 0 Å². The predicted molar refractivity (Wildman–Crippen MR) is 74.1 cm³/mol. The predicted octanol–water partition coefficient (Wildman–Crippen LogP) is 0.515. The van der Waals surface area contributed by atoms with Gasteiger partial charge in [-0.25, -0.2) is 4.98 Å². The van der Waals surface area contributed by atoms with Crippen LogP contribution in [-0.4, -0.2) is 34.2 Å². The van der Waals surface area contributed by atoms with Crippen LogP contribution in [0.5, 0.6) is 5.75 Å². The Morgan fingerprint density at radius 3 is 3.00 bits per heavy atom. The fourth-order valence-electron chi connectivity index (χ4n) is 1.64. The number of carbonyl (C=O) groups is 1. The number of nitrogens with one attached hydrogen (secondary N) is 2. The number of nitrogens with two attached hydrogens (primary N) is 1. The van der Waals surface area contributed by atoms with Crippen LogP contribution in [0.2, 0.25) is 0 Å². The van der Waals surface area contributed by atoms with Gasteiger partial charge in [0.2, 0.25) is 0 Å². The molecule has 106 valence electrons. The summed E-state index contributed by atoms with van der Waals surface area (Å²) in [6.07, 6.45) is 2.99. The van der Waals surface area contributed by atoms with Crippen molar-refractivity contribution in [1.82, 2.24) is 20.5 Å². The van der Waals surface area contributed by atoms with Crippen molar-refractivity contribution < 1.29 is 9.53 Å². The molecule has 1 amide bonds. The number of ether oxygens (including phenoxy) is 1. The Labute approximate surface area is 116 Å². The fourth-order valence-corrected chi connectivity index (χ4v) is 1.64. The molecular formula is C13H17N5O2. The first kappa shape index (κ1) is 13.9. The third-order valence-corrected chi connectivity index (χ3v) is 2.66. The van der Waals surface area contributed by atoms with Crippen LogP contribution in [0.25, 0.3) is 0 Å². The molecule has 20 heavy (non-hydrogen) atoms. The molecule has 2 aromatic rings. The quantitative estimate of drug-likeness (QED) is 0.504. The van der Waals surface area contributed by atoms with Gasteiger partial charge in [-0.2, -0.15) is 5.10 Å². The lowest BCUT2D eigenvalue weighted by atomic mass is 10.3. The molecule has 1 aromatic heterocycles. The smallest absolute Gasteiger partial charge is 0.257 e. The maximum absolute atomic E-state index is 11.6. The number of aryl methyl sites for hydroxylation is 1. The summed E-state index contributed by atoms with van der Waals surface area (Å²) in [5, 5.41) is 9.29. The molecule has 7 heteroatoms. The lowest BCUT2D eigenvalue weighted by molar-refractivity contribution is -0.123. The Morgan fingerprint density at radius 2 is 2.25 bits per heavy atom. The van der Waals surface area contributed by atoms with Crippen molar-refractivity contribution in [2.24, 2.45) is 0 Å². The Kier molecular flexibility index (Phi) is 4.94. The average Bonchev–Trinajstić information content (AvgIpc) is 2.96. The Morgan fingerprint density at radius 1 is 1.40 bits per heavy atom. The summed E-state index contributed by atoms with van der Waals surface area (Å²) >= 11 is 0. The lowest BCUT2D eigenvalue weighted by Gasteiger charge is -2.08. The lowest BCUT2D eigenvalue weighted by Crippen LogP contribution is -2.30. The van der Waals surface area contributed by atoms with E-state index in [9.17, 15) is 4.79 Å². The molecule has 0 atom stereocenters. The number of carbonyl (C=O) groups excluding carboxylic acids is 1. The summed E-state index contributed by atoms with van der Waals surface area (Å²) in [6, 6.07) is 7.07. The van der Waals surface area contributed by atoms with Crippen molar-refractivity contribution in [3.8, 4) is 5.75 Å². The maximum Gasteiger partial charge on any atom is 0.257 e. The summed E-state index contributed by atoms with van der Waals surface area (Å²) in [5.41, 5.74) is 6.23. The van der Waals surface area contributed by atoms with Crippen LogP contribution in [0.15, 0.2) is 30.6 Å². The molecule has 0 saturated heterocycles. The van der Waals surface area contributed by atoms with E-state index in [2.05, 4.69) is 20.5 Å². The van der Waals surface area contributed by atoms with E-state index in [0.29, 0.717) is 18.0 Å². The first-order valence-electron chi connectivity index (χ1n) is 6.34. The summed E-state index contributed by atoms with van der Waals surface area (Å²) in [5.74, 6) is 1.16. The van der Waals surface area contributed by atoms with Gasteiger partial charge < -0.3 is 15.8 Å². The minimum absolute atomic E-state index is 0.0451. The minimum atomic E-state index is -0.175. The zero-order valence-electron chi connectivity index (χ0n) is 11.0. The van der Waals surface area contributed by atoms with Crippen LogP contribution < -0.4 is 15.8 Å². The highest BCUT2D eigenvalue weighted by Gasteiger charge is 2.04. The van der Waals surface area contributed by atoms with Gasteiger partial charge >= 0.3 is 0 Å². The van der Waals surface area contributed by atoms with Gasteiger partial charge in [-0.15, -0.1) is 0 Å². The van der Waals surface area contributed by atoms with E-state index in [4.69, 9.17) is 10.5 Å². The summed E-state index contributed by atoms with van der Waals surface area (Å²) in [4.78, 5) is 15.6. The standard InChI is InChI=1S/C13H17N5O2/c14-10-4-1-2-5-11(10)20-8-13(19)15-7-3-6-12-16-9-17-18-12/h1-2,4-5,9H,3,6-8,14H2,(H,15,19)(H,16,17,18). The van der Waals surface area contributed by atoms with Crippen LogP contribution >= 0.6 is 0 Å². The van der Waals surface area contributed by atoms with Crippen LogP contribution in [-0.2, 0) is 11.2 Å². The molecular weight excluding hydrogens is 258 g/mol. The van der Waals surface area contributed by atoms with E-state index in [0.717, 1.165) is 18.7 Å². The number of anilines is 1. The molecule has 0 spiro atoms. The number of para-hydroxylation sites is 2. The topological polar surface area (TPSA) is 106 Å². The van der Waals surface area contributed by atoms with Crippen molar-refractivity contribution >= 4 is 11.6 Å². The average molecular weight is 275 g/mol. The van der Waals surface area contributed by atoms with E-state index >= 15 is 0 Å². The number of benzene rings is 1. The molecule has 0 bridgehead atoms. The Bertz CT molecular complexity index is 541. The first-order valence-corrected chi connectivity index (χ1v) is 6.34. The van der Waals surface area contributed by atoms with Crippen molar-refractivity contribution in [2.45, 2.75) is 12.8 Å². The second-order valence-corrected chi connectivity index (χ2v) is 4.21. The van der Waals surface area contributed by atoms with E-state index < -0.39 is 0 Å². The number of amides is 1. The molecule has 2 rings (SSSR count). The number of hydrogen-bond acceptors (Lipinski definition) is 5. The van der Waals surface area contributed by atoms with Gasteiger partial charge in [0, 0.05) is 13.0 Å². The van der Waals surface area contributed by atoms with Crippen LogP contribution in [0.3, 0.4) is 0 Å². The summed E-state index contributed by atoms with van der Waals surface area (Å²) in [6.45, 7) is 0.518. The minimum Gasteiger partial charge on any atom is -0.482 e. The molecule has 0 aliphatic carbocycles. The zero-order valence-corrected chi connectivity index (χ0v) is 11.0. The SMILES string of the molecule is Nc1ccccc1OCC(=O)NCCCc1ncn[nH]1. The fraction of sp³-hybridized carbons (Fsp3) is 0.308. The summed E-state index contributed by atoms with van der Waals surface area (Å²) in [7, 11) is 0. The van der Waals surface area contributed by atoms with Crippen molar-refractivity contribution in [2.75, 3.05) is 18.9 Å². The molecule has 0 aliphatic heterocycles. The van der Waals surface area contributed by atoms with Gasteiger partial charge in [0.25, 0.3) is 5.91 Å². The molecule has 1 heterocycles. The molecule has 1 aromatic carbocycles. The maximum atomic E-state index is 11.6. The number of nitrogens with zero attached hydrogens (tertiary/aromatic N) is 2. The highest BCUT2D eigenvalue weighted by atomic mass is 16.5. The van der Waals surface area contributed by atoms with Gasteiger partial charge in [-0.3, -0.25) is 9.89 Å². The molecule has 0 radical (unpaired) electrons. The van der Waals surface area contributed by atoms with Crippen molar-refractivity contribution in [3.05, 3.63) is 36.4 Å². The second-order valence-electron chi connectivity index (χ2n) is 4.21. The first-order chi connectivity index (χ1) is 9.75. The molecule has 0 fully saturated rings. The monoisotopic (exact) mass is 275 g/mol. The second kappa shape index (κ2) is 7.13. The molecule has 0 saturated carbocycles. The number of rotatable bonds is 7. The normalized spacial score (nSPS) is 10.2. The largest absolute Gasteiger partial charge is 0.482 e. The van der Waals surface area contributed by atoms with Gasteiger partial charge in [-0.05, 0) is 18.6 Å². The van der Waals surface area contributed by atoms with E-state index in [-0.39, 0.29) is 12.5 Å². The van der Waals surface area contributed by atoms with Gasteiger partial charge in [0.1, 0.15) is 17.9 Å². The van der Waals surface area contributed by atoms with E-state index in [1.165, 1.54) is 6.33 Å². The number of aromatic nitrogens is 3. The van der Waals surface area contributed by atoms with Gasteiger partial charge in [-0.1, -0.05) is 12.1 Å². The van der Waals surface area contributed by atoms with E-state index in [1.807, 2.05) is 6.07 Å². The summed E-state index contributed by atoms with van der Waals surface area (Å²) < 4.78 is 5.34. The van der Waals surface area contributed by atoms with Gasteiger partial charge in [0.05, 0.1) is 5.69 Å². The molecule has 0 unspecified atom stereocenters. The van der Waals surface area contributed by atoms with Crippen LogP contribution in [0.4, 0.5) is 5.69 Å². The Hall–Kier alpha value is -2.57. The number of nitrogen functional groups attached to an aromatic ring is 1. The highest BCUT2D eigenvalue weighted by Crippen LogP contribution is 2.19. The molecule has 7 nitrogen and oxygen atoms in total. The highest BCUT2D eigenvalue weighted by molar-refractivity contribution is 5.77. The van der Waals surface area contributed by atoms with Crippen molar-refractivity contribution in [3.63, 3.8) is 0 Å². The van der Waals surface area contributed by atoms with Crippen LogP contribution in [0.1, 0.15) is 12.2 Å². The third-order valence-electron chi connectivity index (χ3n) is 2.66. The molecule has 4 N–H and O–H groups in total. The molecule has 0 aliphatic rings. The number of aromatic amines is 1. The van der Waals surface area contributed by atoms with Gasteiger partial charge in [0.15, 0.2) is 6.61 Å². The van der Waals surface area contributed by atoms with E-state index in [1.54, 1.807) is 18.2 Å². The number of H-pyrrole nitrogens is 1. The number of hydrogen-bond donors (Lipinski definition) is 3. The van der Waals surface area contributed by atoms with Crippen LogP contribution in [0, 0.1) is 0 Å². The third kappa shape index (κ3) is 4.27. The Balaban J connectivity index is 1.62.